The van der Waals surface area contributed by atoms with E-state index in [4.69, 9.17) is 4.42 Å². The largest absolute Gasteiger partial charge is 0.449 e. The minimum Gasteiger partial charge on any atom is -0.449 e. The first-order valence-corrected chi connectivity index (χ1v) is 12.7. The standard InChI is InChI=1S/C30H29N3O2/c1-30(19-27-31-14-17-35-27)24-10-2-3-11-25(24)33(29(30)34)22-12-15-32(16-13-22)26-18-21-8-4-6-20-7-5-9-23(26)28(20)21/h2-11,14,17,22,26H,12-13,15-16,18-19H2,1H3/t26-,30?/m1/s1. The van der Waals surface area contributed by atoms with Crippen LogP contribution >= 0.6 is 0 Å². The molecule has 4 aromatic rings. The molecule has 5 nitrogen and oxygen atoms in total. The molecule has 1 aliphatic carbocycles. The van der Waals surface area contributed by atoms with Crippen molar-refractivity contribution in [2.45, 2.75) is 50.1 Å². The van der Waals surface area contributed by atoms with E-state index in [0.717, 1.165) is 43.6 Å². The molecule has 35 heavy (non-hydrogen) atoms. The summed E-state index contributed by atoms with van der Waals surface area (Å²) < 4.78 is 5.54. The lowest BCUT2D eigenvalue weighted by Crippen LogP contribution is -2.50. The number of para-hydroxylation sites is 1. The molecule has 2 aliphatic heterocycles. The Balaban J connectivity index is 1.13. The lowest BCUT2D eigenvalue weighted by Gasteiger charge is -2.40. The number of likely N-dealkylation sites (tertiary alicyclic amines) is 1. The average Bonchev–Trinajstić information content (AvgIpc) is 3.58. The molecule has 1 saturated heterocycles. The van der Waals surface area contributed by atoms with E-state index < -0.39 is 5.41 Å². The molecule has 1 aromatic heterocycles. The van der Waals surface area contributed by atoms with Crippen LogP contribution in [-0.2, 0) is 23.1 Å². The second-order valence-corrected chi connectivity index (χ2v) is 10.5. The van der Waals surface area contributed by atoms with Crippen LogP contribution in [0.5, 0.6) is 0 Å². The molecule has 3 aromatic carbocycles. The molecule has 0 saturated carbocycles. The van der Waals surface area contributed by atoms with E-state index in [2.05, 4.69) is 63.3 Å². The summed E-state index contributed by atoms with van der Waals surface area (Å²) in [6, 6.07) is 22.4. The number of benzene rings is 3. The molecule has 0 bridgehead atoms. The molecule has 1 fully saturated rings. The zero-order chi connectivity index (χ0) is 23.6. The molecule has 1 amide bonds. The number of hydrogen-bond donors (Lipinski definition) is 0. The van der Waals surface area contributed by atoms with Crippen LogP contribution in [0.2, 0.25) is 0 Å². The fourth-order valence-corrected chi connectivity index (χ4v) is 6.81. The number of aromatic nitrogens is 1. The monoisotopic (exact) mass is 463 g/mol. The molecule has 5 heteroatoms. The Morgan fingerprint density at radius 2 is 1.83 bits per heavy atom. The van der Waals surface area contributed by atoms with Crippen LogP contribution in [0.3, 0.4) is 0 Å². The smallest absolute Gasteiger partial charge is 0.238 e. The Kier molecular flexibility index (Phi) is 4.65. The summed E-state index contributed by atoms with van der Waals surface area (Å²) in [5.74, 6) is 0.788. The topological polar surface area (TPSA) is 49.6 Å². The van der Waals surface area contributed by atoms with Gasteiger partial charge in [0.1, 0.15) is 6.26 Å². The number of amides is 1. The predicted octanol–water partition coefficient (Wildman–Crippen LogP) is 5.44. The van der Waals surface area contributed by atoms with Gasteiger partial charge in [-0.3, -0.25) is 9.69 Å². The van der Waals surface area contributed by atoms with E-state index in [-0.39, 0.29) is 11.9 Å². The van der Waals surface area contributed by atoms with Crippen molar-refractivity contribution in [2.75, 3.05) is 18.0 Å². The molecule has 3 aliphatic rings. The van der Waals surface area contributed by atoms with Gasteiger partial charge in [-0.25, -0.2) is 4.98 Å². The molecule has 0 spiro atoms. The number of carbonyl (C=O) groups excluding carboxylic acids is 1. The second-order valence-electron chi connectivity index (χ2n) is 10.5. The van der Waals surface area contributed by atoms with Crippen molar-refractivity contribution in [2.24, 2.45) is 0 Å². The minimum absolute atomic E-state index is 0.174. The summed E-state index contributed by atoms with van der Waals surface area (Å²) >= 11 is 0. The fraction of sp³-hybridized carbons (Fsp3) is 0.333. The quantitative estimate of drug-likeness (QED) is 0.405. The first kappa shape index (κ1) is 20.9. The van der Waals surface area contributed by atoms with Crippen LogP contribution in [0.4, 0.5) is 5.69 Å². The average molecular weight is 464 g/mol. The van der Waals surface area contributed by atoms with Gasteiger partial charge in [0.25, 0.3) is 0 Å². The number of fused-ring (bicyclic) bond motifs is 1. The highest BCUT2D eigenvalue weighted by molar-refractivity contribution is 6.08. The van der Waals surface area contributed by atoms with Gasteiger partial charge < -0.3 is 9.32 Å². The Bertz CT molecular complexity index is 1420. The fourth-order valence-electron chi connectivity index (χ4n) is 6.81. The number of oxazole rings is 1. The summed E-state index contributed by atoms with van der Waals surface area (Å²) in [6.45, 7) is 4.05. The van der Waals surface area contributed by atoms with Gasteiger partial charge in [0.2, 0.25) is 5.91 Å². The highest BCUT2D eigenvalue weighted by Gasteiger charge is 2.50. The van der Waals surface area contributed by atoms with Crippen LogP contribution in [0.25, 0.3) is 10.8 Å². The number of piperidine rings is 1. The zero-order valence-corrected chi connectivity index (χ0v) is 20.0. The number of carbonyl (C=O) groups is 1. The van der Waals surface area contributed by atoms with E-state index in [1.807, 2.05) is 19.1 Å². The van der Waals surface area contributed by atoms with Crippen molar-refractivity contribution in [3.05, 3.63) is 95.7 Å². The van der Waals surface area contributed by atoms with Gasteiger partial charge in [0.05, 0.1) is 11.6 Å². The van der Waals surface area contributed by atoms with Crippen LogP contribution in [0.1, 0.15) is 48.4 Å². The van der Waals surface area contributed by atoms with E-state index >= 15 is 0 Å². The van der Waals surface area contributed by atoms with Crippen LogP contribution in [0, 0.1) is 0 Å². The lowest BCUT2D eigenvalue weighted by molar-refractivity contribution is -0.123. The molecule has 1 unspecified atom stereocenters. The lowest BCUT2D eigenvalue weighted by atomic mass is 9.80. The second kappa shape index (κ2) is 7.79. The zero-order valence-electron chi connectivity index (χ0n) is 20.0. The molecule has 3 heterocycles. The Hall–Kier alpha value is -3.44. The van der Waals surface area contributed by atoms with Gasteiger partial charge in [0.15, 0.2) is 5.89 Å². The molecule has 0 radical (unpaired) electrons. The normalized spacial score (nSPS) is 24.4. The third-order valence-corrected chi connectivity index (χ3v) is 8.54. The van der Waals surface area contributed by atoms with Gasteiger partial charge in [-0.1, -0.05) is 54.6 Å². The molecular weight excluding hydrogens is 434 g/mol. The minimum atomic E-state index is -0.651. The molecule has 2 atom stereocenters. The Morgan fingerprint density at radius 1 is 1.03 bits per heavy atom. The van der Waals surface area contributed by atoms with Gasteiger partial charge in [-0.2, -0.15) is 0 Å². The van der Waals surface area contributed by atoms with Crippen molar-refractivity contribution in [3.63, 3.8) is 0 Å². The van der Waals surface area contributed by atoms with Gasteiger partial charge >= 0.3 is 0 Å². The highest BCUT2D eigenvalue weighted by atomic mass is 16.3. The number of rotatable bonds is 4. The van der Waals surface area contributed by atoms with Crippen LogP contribution in [0.15, 0.2) is 77.5 Å². The SMILES string of the molecule is CC1(Cc2ncco2)C(=O)N(C2CCN([C@@H]3Cc4cccc5cccc3c45)CC2)c2ccccc21. The first-order chi connectivity index (χ1) is 17.1. The first-order valence-electron chi connectivity index (χ1n) is 12.7. The van der Waals surface area contributed by atoms with Crippen molar-refractivity contribution >= 4 is 22.4 Å². The summed E-state index contributed by atoms with van der Waals surface area (Å²) in [4.78, 5) is 23.0. The third-order valence-electron chi connectivity index (χ3n) is 8.54. The molecule has 7 rings (SSSR count). The van der Waals surface area contributed by atoms with Crippen molar-refractivity contribution in [1.82, 2.24) is 9.88 Å². The van der Waals surface area contributed by atoms with E-state index in [1.54, 1.807) is 12.5 Å². The number of anilines is 1. The molecular formula is C30H29N3O2. The summed E-state index contributed by atoms with van der Waals surface area (Å²) in [5, 5.41) is 2.80. The van der Waals surface area contributed by atoms with Crippen LogP contribution in [-0.4, -0.2) is 34.9 Å². The Labute approximate surface area is 205 Å². The maximum Gasteiger partial charge on any atom is 0.238 e. The van der Waals surface area contributed by atoms with Crippen molar-refractivity contribution in [3.8, 4) is 0 Å². The predicted molar refractivity (Wildman–Crippen MR) is 136 cm³/mol. The van der Waals surface area contributed by atoms with Crippen molar-refractivity contribution < 1.29 is 9.21 Å². The summed E-state index contributed by atoms with van der Waals surface area (Å²) in [7, 11) is 0. The van der Waals surface area contributed by atoms with E-state index in [1.165, 1.54) is 21.9 Å². The van der Waals surface area contributed by atoms with E-state index in [0.29, 0.717) is 18.4 Å². The van der Waals surface area contributed by atoms with Gasteiger partial charge in [0, 0.05) is 37.3 Å². The van der Waals surface area contributed by atoms with Crippen molar-refractivity contribution in [1.29, 1.82) is 0 Å². The molecule has 0 N–H and O–H groups in total. The Morgan fingerprint density at radius 3 is 2.63 bits per heavy atom. The van der Waals surface area contributed by atoms with Gasteiger partial charge in [-0.05, 0) is 59.7 Å². The maximum atomic E-state index is 14.0. The third kappa shape index (κ3) is 3.11. The van der Waals surface area contributed by atoms with Gasteiger partial charge in [-0.15, -0.1) is 0 Å². The highest BCUT2D eigenvalue weighted by Crippen LogP contribution is 2.47. The molecule has 176 valence electrons. The number of nitrogens with zero attached hydrogens (tertiary/aromatic N) is 3. The summed E-state index contributed by atoms with van der Waals surface area (Å²) in [5.41, 5.74) is 4.43. The van der Waals surface area contributed by atoms with E-state index in [9.17, 15) is 4.79 Å². The number of hydrogen-bond acceptors (Lipinski definition) is 4. The summed E-state index contributed by atoms with van der Waals surface area (Å²) in [6.07, 6.45) is 6.77. The maximum absolute atomic E-state index is 14.0. The van der Waals surface area contributed by atoms with Crippen LogP contribution < -0.4 is 4.90 Å².